The highest BCUT2D eigenvalue weighted by atomic mass is 32.2. The molecule has 2 aromatic carbocycles. The quantitative estimate of drug-likeness (QED) is 0.531. The predicted molar refractivity (Wildman–Crippen MR) is 106 cm³/mol. The monoisotopic (exact) mass is 407 g/mol. The number of nitro groups is 1. The van der Waals surface area contributed by atoms with Crippen LogP contribution in [0.5, 0.6) is 5.75 Å². The number of para-hydroxylation sites is 2. The lowest BCUT2D eigenvalue weighted by Gasteiger charge is -2.23. The van der Waals surface area contributed by atoms with E-state index in [1.54, 1.807) is 31.2 Å². The zero-order valence-electron chi connectivity index (χ0n) is 15.7. The van der Waals surface area contributed by atoms with Crippen molar-refractivity contribution in [3.63, 3.8) is 0 Å². The number of amides is 1. The van der Waals surface area contributed by atoms with Crippen molar-refractivity contribution in [3.8, 4) is 5.75 Å². The van der Waals surface area contributed by atoms with E-state index in [4.69, 9.17) is 4.74 Å². The minimum atomic E-state index is -3.87. The van der Waals surface area contributed by atoms with Gasteiger partial charge in [-0.1, -0.05) is 18.2 Å². The first kappa shape index (κ1) is 21.2. The molecule has 9 nitrogen and oxygen atoms in total. The number of hydrogen-bond acceptors (Lipinski definition) is 6. The highest BCUT2D eigenvalue weighted by Crippen LogP contribution is 2.30. The Morgan fingerprint density at radius 2 is 1.89 bits per heavy atom. The van der Waals surface area contributed by atoms with Gasteiger partial charge in [0.25, 0.3) is 5.69 Å². The van der Waals surface area contributed by atoms with Crippen molar-refractivity contribution >= 4 is 33.0 Å². The minimum Gasteiger partial charge on any atom is -0.492 e. The van der Waals surface area contributed by atoms with Gasteiger partial charge in [-0.2, -0.15) is 0 Å². The molecular weight excluding hydrogens is 386 g/mol. The fraction of sp³-hybridized carbons (Fsp3) is 0.278. The lowest BCUT2D eigenvalue weighted by atomic mass is 10.1. The predicted octanol–water partition coefficient (Wildman–Crippen LogP) is 2.71. The molecule has 1 N–H and O–H groups in total. The molecule has 0 aliphatic rings. The van der Waals surface area contributed by atoms with Gasteiger partial charge in [0.05, 0.1) is 34.7 Å². The summed E-state index contributed by atoms with van der Waals surface area (Å²) in [4.78, 5) is 23.1. The molecule has 1 amide bonds. The number of nitrogens with one attached hydrogen (secondary N) is 1. The third kappa shape index (κ3) is 4.97. The van der Waals surface area contributed by atoms with Gasteiger partial charge in [-0.3, -0.25) is 19.2 Å². The summed E-state index contributed by atoms with van der Waals surface area (Å²) < 4.78 is 30.8. The van der Waals surface area contributed by atoms with Gasteiger partial charge in [-0.05, 0) is 32.0 Å². The van der Waals surface area contributed by atoms with E-state index in [9.17, 15) is 23.3 Å². The van der Waals surface area contributed by atoms with Crippen LogP contribution >= 0.6 is 0 Å². The van der Waals surface area contributed by atoms with Gasteiger partial charge in [0, 0.05) is 6.07 Å². The molecule has 0 saturated carbocycles. The summed E-state index contributed by atoms with van der Waals surface area (Å²) in [5.41, 5.74) is 0.400. The van der Waals surface area contributed by atoms with Gasteiger partial charge < -0.3 is 10.1 Å². The summed E-state index contributed by atoms with van der Waals surface area (Å²) in [6.45, 7) is 3.10. The van der Waals surface area contributed by atoms with E-state index >= 15 is 0 Å². The summed E-state index contributed by atoms with van der Waals surface area (Å²) in [6.07, 6.45) is 0.937. The minimum absolute atomic E-state index is 0.0740. The van der Waals surface area contributed by atoms with Gasteiger partial charge in [-0.15, -0.1) is 0 Å². The van der Waals surface area contributed by atoms with Gasteiger partial charge in [-0.25, -0.2) is 8.42 Å². The van der Waals surface area contributed by atoms with Crippen molar-refractivity contribution in [2.45, 2.75) is 13.8 Å². The van der Waals surface area contributed by atoms with Crippen molar-refractivity contribution in [1.29, 1.82) is 0 Å². The zero-order valence-corrected chi connectivity index (χ0v) is 16.5. The summed E-state index contributed by atoms with van der Waals surface area (Å²) in [7, 11) is -3.87. The van der Waals surface area contributed by atoms with Crippen molar-refractivity contribution in [1.82, 2.24) is 0 Å². The second-order valence-corrected chi connectivity index (χ2v) is 7.83. The van der Waals surface area contributed by atoms with E-state index in [1.807, 2.05) is 0 Å². The van der Waals surface area contributed by atoms with Crippen molar-refractivity contribution in [3.05, 3.63) is 58.1 Å². The third-order valence-electron chi connectivity index (χ3n) is 3.89. The molecule has 0 bridgehead atoms. The molecule has 10 heteroatoms. The maximum atomic E-state index is 12.5. The maximum absolute atomic E-state index is 12.5. The maximum Gasteiger partial charge on any atom is 0.274 e. The summed E-state index contributed by atoms with van der Waals surface area (Å²) in [6, 6.07) is 10.8. The summed E-state index contributed by atoms with van der Waals surface area (Å²) in [5.74, 6) is -0.153. The van der Waals surface area contributed by atoms with Crippen LogP contribution in [0.2, 0.25) is 0 Å². The number of ether oxygens (including phenoxy) is 1. The Bertz CT molecular complexity index is 991. The van der Waals surface area contributed by atoms with Crippen LogP contribution in [0.15, 0.2) is 42.5 Å². The molecule has 0 atom stereocenters. The normalized spacial score (nSPS) is 11.0. The second-order valence-electron chi connectivity index (χ2n) is 5.93. The molecule has 28 heavy (non-hydrogen) atoms. The number of carbonyl (C=O) groups is 1. The average molecular weight is 407 g/mol. The van der Waals surface area contributed by atoms with Crippen LogP contribution in [0.3, 0.4) is 0 Å². The Morgan fingerprint density at radius 1 is 1.21 bits per heavy atom. The Balaban J connectivity index is 2.34. The molecule has 0 fully saturated rings. The standard InChI is InChI=1S/C18H21N3O6S/c1-4-27-17-11-6-5-8-14(17)19-18(22)12-20(28(3,25)26)15-9-7-10-16(13(15)2)21(23)24/h5-11H,4,12H2,1-3H3,(H,19,22). The van der Waals surface area contributed by atoms with Gasteiger partial charge >= 0.3 is 0 Å². The average Bonchev–Trinajstić information content (AvgIpc) is 2.61. The topological polar surface area (TPSA) is 119 Å². The summed E-state index contributed by atoms with van der Waals surface area (Å²) >= 11 is 0. The van der Waals surface area contributed by atoms with Crippen LogP contribution in [0.4, 0.5) is 17.1 Å². The molecule has 0 heterocycles. The lowest BCUT2D eigenvalue weighted by Crippen LogP contribution is -2.38. The number of hydrogen-bond donors (Lipinski definition) is 1. The zero-order chi connectivity index (χ0) is 20.9. The number of nitrogens with zero attached hydrogens (tertiary/aromatic N) is 2. The Labute approximate surface area is 163 Å². The first-order chi connectivity index (χ1) is 13.1. The lowest BCUT2D eigenvalue weighted by molar-refractivity contribution is -0.385. The number of carbonyl (C=O) groups excluding carboxylic acids is 1. The smallest absolute Gasteiger partial charge is 0.274 e. The Kier molecular flexibility index (Phi) is 6.57. The molecule has 0 radical (unpaired) electrons. The fourth-order valence-corrected chi connectivity index (χ4v) is 3.54. The first-order valence-corrected chi connectivity index (χ1v) is 10.2. The molecule has 0 aliphatic heterocycles. The molecule has 0 saturated heterocycles. The van der Waals surface area contributed by atoms with Crippen molar-refractivity contribution in [2.75, 3.05) is 29.0 Å². The largest absolute Gasteiger partial charge is 0.492 e. The summed E-state index contributed by atoms with van der Waals surface area (Å²) in [5, 5.41) is 13.8. The van der Waals surface area contributed by atoms with Crippen LogP contribution in [0.25, 0.3) is 0 Å². The van der Waals surface area contributed by atoms with Crippen LogP contribution in [-0.2, 0) is 14.8 Å². The molecule has 0 aliphatic carbocycles. The molecule has 0 unspecified atom stereocenters. The third-order valence-corrected chi connectivity index (χ3v) is 5.02. The van der Waals surface area contributed by atoms with E-state index in [0.29, 0.717) is 18.0 Å². The number of nitro benzene ring substituents is 1. The Hall–Kier alpha value is -3.14. The molecular formula is C18H21N3O6S. The number of benzene rings is 2. The van der Waals surface area contributed by atoms with E-state index in [0.717, 1.165) is 10.6 Å². The molecule has 0 aromatic heterocycles. The highest BCUT2D eigenvalue weighted by Gasteiger charge is 2.26. The van der Waals surface area contributed by atoms with Gasteiger partial charge in [0.2, 0.25) is 15.9 Å². The Morgan fingerprint density at radius 3 is 2.50 bits per heavy atom. The van der Waals surface area contributed by atoms with Gasteiger partial charge in [0.1, 0.15) is 12.3 Å². The van der Waals surface area contributed by atoms with Crippen LogP contribution in [-0.4, -0.2) is 38.7 Å². The first-order valence-electron chi connectivity index (χ1n) is 8.38. The van der Waals surface area contributed by atoms with Crippen molar-refractivity contribution in [2.24, 2.45) is 0 Å². The number of anilines is 2. The highest BCUT2D eigenvalue weighted by molar-refractivity contribution is 7.92. The van der Waals surface area contributed by atoms with E-state index in [2.05, 4.69) is 5.32 Å². The fourth-order valence-electron chi connectivity index (χ4n) is 2.63. The molecule has 2 rings (SSSR count). The molecule has 2 aromatic rings. The number of rotatable bonds is 8. The van der Waals surface area contributed by atoms with E-state index in [-0.39, 0.29) is 16.9 Å². The molecule has 150 valence electrons. The van der Waals surface area contributed by atoms with Crippen LogP contribution < -0.4 is 14.4 Å². The van der Waals surface area contributed by atoms with Crippen molar-refractivity contribution < 1.29 is 22.9 Å². The van der Waals surface area contributed by atoms with Gasteiger partial charge in [0.15, 0.2) is 0 Å². The second kappa shape index (κ2) is 8.70. The van der Waals surface area contributed by atoms with E-state index in [1.165, 1.54) is 25.1 Å². The SMILES string of the molecule is CCOc1ccccc1NC(=O)CN(c1cccc([N+](=O)[O-])c1C)S(C)(=O)=O. The van der Waals surface area contributed by atoms with Crippen LogP contribution in [0, 0.1) is 17.0 Å². The number of sulfonamides is 1. The van der Waals surface area contributed by atoms with Crippen LogP contribution in [0.1, 0.15) is 12.5 Å². The molecule has 0 spiro atoms. The van der Waals surface area contributed by atoms with E-state index < -0.39 is 27.4 Å².